The van der Waals surface area contributed by atoms with Gasteiger partial charge in [0.2, 0.25) is 10.0 Å². The van der Waals surface area contributed by atoms with Crippen molar-refractivity contribution in [3.05, 3.63) is 53.3 Å². The third kappa shape index (κ3) is 3.34. The summed E-state index contributed by atoms with van der Waals surface area (Å²) in [6.07, 6.45) is 1.36. The molecule has 0 spiro atoms. The highest BCUT2D eigenvalue weighted by molar-refractivity contribution is 7.89. The Bertz CT molecular complexity index is 914. The van der Waals surface area contributed by atoms with Gasteiger partial charge in [0, 0.05) is 18.0 Å². The highest BCUT2D eigenvalue weighted by atomic mass is 32.2. The smallest absolute Gasteiger partial charge is 0.244 e. The fourth-order valence-corrected chi connectivity index (χ4v) is 4.12. The molecular formula is C15H16N4O2S2. The average molecular weight is 348 g/mol. The molecule has 0 radical (unpaired) electrons. The van der Waals surface area contributed by atoms with Gasteiger partial charge in [0.25, 0.3) is 0 Å². The zero-order chi connectivity index (χ0) is 16.4. The summed E-state index contributed by atoms with van der Waals surface area (Å²) in [7, 11) is -1.88. The van der Waals surface area contributed by atoms with Gasteiger partial charge < -0.3 is 0 Å². The highest BCUT2D eigenvalue weighted by Gasteiger charge is 2.20. The van der Waals surface area contributed by atoms with Gasteiger partial charge in [-0.2, -0.15) is 5.10 Å². The Labute approximate surface area is 138 Å². The quantitative estimate of drug-likeness (QED) is 0.768. The van der Waals surface area contributed by atoms with Crippen LogP contribution in [0.4, 0.5) is 0 Å². The van der Waals surface area contributed by atoms with E-state index in [2.05, 4.69) is 14.8 Å². The Hall–Kier alpha value is -2.03. The van der Waals surface area contributed by atoms with Gasteiger partial charge >= 0.3 is 0 Å². The SMILES string of the molecule is Cc1c(S(=O)(=O)NCc2csc(-c3ccccc3)n2)cnn1C. The fraction of sp³-hybridized carbons (Fsp3) is 0.200. The minimum absolute atomic E-state index is 0.153. The molecule has 0 aliphatic heterocycles. The van der Waals surface area contributed by atoms with Crippen molar-refractivity contribution in [3.63, 3.8) is 0 Å². The monoisotopic (exact) mass is 348 g/mol. The zero-order valence-corrected chi connectivity index (χ0v) is 14.4. The Morgan fingerprint density at radius 3 is 2.65 bits per heavy atom. The summed E-state index contributed by atoms with van der Waals surface area (Å²) in [5.74, 6) is 0. The molecule has 0 aliphatic carbocycles. The number of nitrogens with zero attached hydrogens (tertiary/aromatic N) is 3. The Balaban J connectivity index is 1.74. The number of benzene rings is 1. The first kappa shape index (κ1) is 15.9. The Kier molecular flexibility index (Phi) is 4.29. The Morgan fingerprint density at radius 2 is 2.00 bits per heavy atom. The van der Waals surface area contributed by atoms with E-state index < -0.39 is 10.0 Å². The van der Waals surface area contributed by atoms with Crippen LogP contribution in [0.2, 0.25) is 0 Å². The molecule has 2 aromatic heterocycles. The van der Waals surface area contributed by atoms with Gasteiger partial charge in [0.1, 0.15) is 9.90 Å². The second-order valence-corrected chi connectivity index (χ2v) is 7.65. The maximum absolute atomic E-state index is 12.3. The lowest BCUT2D eigenvalue weighted by molar-refractivity contribution is 0.579. The summed E-state index contributed by atoms with van der Waals surface area (Å²) in [5.41, 5.74) is 2.31. The van der Waals surface area contributed by atoms with Crippen LogP contribution in [0, 0.1) is 6.92 Å². The van der Waals surface area contributed by atoms with Gasteiger partial charge in [0.05, 0.1) is 24.1 Å². The summed E-state index contributed by atoms with van der Waals surface area (Å²) in [6, 6.07) is 9.80. The van der Waals surface area contributed by atoms with E-state index in [1.807, 2.05) is 35.7 Å². The molecule has 1 aromatic carbocycles. The number of nitrogens with one attached hydrogen (secondary N) is 1. The van der Waals surface area contributed by atoms with Crippen LogP contribution in [-0.4, -0.2) is 23.2 Å². The standard InChI is InChI=1S/C15H16N4O2S2/c1-11-14(9-16-19(11)2)23(20,21)17-8-13-10-22-15(18-13)12-6-4-3-5-7-12/h3-7,9-10,17H,8H2,1-2H3. The molecule has 0 atom stereocenters. The van der Waals surface area contributed by atoms with Crippen molar-refractivity contribution >= 4 is 21.4 Å². The summed E-state index contributed by atoms with van der Waals surface area (Å²) < 4.78 is 28.8. The van der Waals surface area contributed by atoms with Crippen molar-refractivity contribution in [1.82, 2.24) is 19.5 Å². The van der Waals surface area contributed by atoms with E-state index in [1.54, 1.807) is 14.0 Å². The second-order valence-electron chi connectivity index (χ2n) is 5.05. The summed E-state index contributed by atoms with van der Waals surface area (Å²) in [4.78, 5) is 4.67. The largest absolute Gasteiger partial charge is 0.272 e. The van der Waals surface area contributed by atoms with E-state index in [0.717, 1.165) is 10.6 Å². The van der Waals surface area contributed by atoms with Crippen molar-refractivity contribution in [2.45, 2.75) is 18.4 Å². The van der Waals surface area contributed by atoms with Crippen LogP contribution in [0.3, 0.4) is 0 Å². The lowest BCUT2D eigenvalue weighted by Crippen LogP contribution is -2.23. The molecule has 1 N–H and O–H groups in total. The summed E-state index contributed by atoms with van der Waals surface area (Å²) in [5, 5.41) is 6.70. The van der Waals surface area contributed by atoms with Gasteiger partial charge in [-0.1, -0.05) is 30.3 Å². The molecular weight excluding hydrogens is 332 g/mol. The molecule has 0 unspecified atom stereocenters. The van der Waals surface area contributed by atoms with Gasteiger partial charge in [-0.15, -0.1) is 11.3 Å². The van der Waals surface area contributed by atoms with Crippen LogP contribution in [0.25, 0.3) is 10.6 Å². The van der Waals surface area contributed by atoms with Crippen molar-refractivity contribution in [2.24, 2.45) is 7.05 Å². The van der Waals surface area contributed by atoms with Gasteiger partial charge in [-0.05, 0) is 6.92 Å². The predicted octanol–water partition coefficient (Wildman–Crippen LogP) is 2.33. The van der Waals surface area contributed by atoms with Crippen LogP contribution in [0.5, 0.6) is 0 Å². The van der Waals surface area contributed by atoms with E-state index in [-0.39, 0.29) is 11.4 Å². The fourth-order valence-electron chi connectivity index (χ4n) is 2.09. The normalized spacial score (nSPS) is 11.7. The number of rotatable bonds is 5. The van der Waals surface area contributed by atoms with Gasteiger partial charge in [-0.3, -0.25) is 4.68 Å². The van der Waals surface area contributed by atoms with Crippen molar-refractivity contribution < 1.29 is 8.42 Å². The maximum atomic E-state index is 12.3. The summed E-state index contributed by atoms with van der Waals surface area (Å²) >= 11 is 1.49. The van der Waals surface area contributed by atoms with E-state index in [0.29, 0.717) is 11.4 Å². The van der Waals surface area contributed by atoms with E-state index >= 15 is 0 Å². The molecule has 0 amide bonds. The first-order valence-corrected chi connectivity index (χ1v) is 9.32. The molecule has 23 heavy (non-hydrogen) atoms. The average Bonchev–Trinajstić information content (AvgIpc) is 3.15. The van der Waals surface area contributed by atoms with Crippen LogP contribution in [0.15, 0.2) is 46.8 Å². The van der Waals surface area contributed by atoms with Gasteiger partial charge in [0.15, 0.2) is 0 Å². The highest BCUT2D eigenvalue weighted by Crippen LogP contribution is 2.23. The molecule has 0 saturated heterocycles. The van der Waals surface area contributed by atoms with Crippen molar-refractivity contribution in [3.8, 4) is 10.6 Å². The maximum Gasteiger partial charge on any atom is 0.244 e. The zero-order valence-electron chi connectivity index (χ0n) is 12.7. The van der Waals surface area contributed by atoms with E-state index in [1.165, 1.54) is 22.2 Å². The summed E-state index contributed by atoms with van der Waals surface area (Å²) in [6.45, 7) is 1.87. The number of hydrogen-bond donors (Lipinski definition) is 1. The lowest BCUT2D eigenvalue weighted by atomic mass is 10.2. The van der Waals surface area contributed by atoms with Crippen molar-refractivity contribution in [1.29, 1.82) is 0 Å². The Morgan fingerprint density at radius 1 is 1.26 bits per heavy atom. The molecule has 0 fully saturated rings. The first-order chi connectivity index (χ1) is 11.0. The molecule has 0 bridgehead atoms. The van der Waals surface area contributed by atoms with Crippen LogP contribution in [0.1, 0.15) is 11.4 Å². The van der Waals surface area contributed by atoms with Crippen LogP contribution < -0.4 is 4.72 Å². The van der Waals surface area contributed by atoms with Crippen molar-refractivity contribution in [2.75, 3.05) is 0 Å². The number of aromatic nitrogens is 3. The van der Waals surface area contributed by atoms with Crippen LogP contribution >= 0.6 is 11.3 Å². The molecule has 120 valence electrons. The minimum atomic E-state index is -3.59. The third-order valence-corrected chi connectivity index (χ3v) is 5.94. The van der Waals surface area contributed by atoms with Gasteiger partial charge in [-0.25, -0.2) is 18.1 Å². The van der Waals surface area contributed by atoms with Crippen LogP contribution in [-0.2, 0) is 23.6 Å². The van der Waals surface area contributed by atoms with E-state index in [4.69, 9.17) is 0 Å². The number of hydrogen-bond acceptors (Lipinski definition) is 5. The third-order valence-electron chi connectivity index (χ3n) is 3.50. The topological polar surface area (TPSA) is 76.9 Å². The second kappa shape index (κ2) is 6.23. The predicted molar refractivity (Wildman–Crippen MR) is 89.5 cm³/mol. The number of thiazole rings is 1. The van der Waals surface area contributed by atoms with E-state index in [9.17, 15) is 8.42 Å². The molecule has 0 saturated carbocycles. The first-order valence-electron chi connectivity index (χ1n) is 6.95. The minimum Gasteiger partial charge on any atom is -0.272 e. The molecule has 0 aliphatic rings. The molecule has 2 heterocycles. The lowest BCUT2D eigenvalue weighted by Gasteiger charge is -2.04. The number of sulfonamides is 1. The number of aryl methyl sites for hydroxylation is 1. The molecule has 8 heteroatoms. The molecule has 3 aromatic rings. The molecule has 3 rings (SSSR count). The molecule has 6 nitrogen and oxygen atoms in total.